The van der Waals surface area contributed by atoms with Gasteiger partial charge in [-0.3, -0.25) is 0 Å². The van der Waals surface area contributed by atoms with Gasteiger partial charge in [-0.1, -0.05) is 13.8 Å². The summed E-state index contributed by atoms with van der Waals surface area (Å²) >= 11 is 0. The average molecular weight is 208 g/mol. The van der Waals surface area contributed by atoms with E-state index < -0.39 is 22.4 Å². The topological polar surface area (TPSA) is 105 Å². The molecular formula is C6H12N2O6. The van der Waals surface area contributed by atoms with Crippen LogP contribution in [0, 0.1) is 26.1 Å². The first-order valence-electron chi connectivity index (χ1n) is 3.97. The molecule has 0 heterocycles. The van der Waals surface area contributed by atoms with E-state index in [0.29, 0.717) is 0 Å². The van der Waals surface area contributed by atoms with Crippen molar-refractivity contribution in [2.45, 2.75) is 33.0 Å². The van der Waals surface area contributed by atoms with Crippen LogP contribution in [0.5, 0.6) is 0 Å². The molecule has 0 aromatic rings. The molecule has 0 N–H and O–H groups in total. The maximum absolute atomic E-state index is 10.1. The molecule has 0 aliphatic rings. The van der Waals surface area contributed by atoms with Crippen molar-refractivity contribution in [1.29, 1.82) is 0 Å². The summed E-state index contributed by atoms with van der Waals surface area (Å²) in [5, 5.41) is 18.1. The van der Waals surface area contributed by atoms with Gasteiger partial charge in [-0.05, 0) is 12.8 Å². The normalized spacial score (nSPS) is 14.6. The van der Waals surface area contributed by atoms with Crippen LogP contribution >= 0.6 is 0 Å². The maximum Gasteiger partial charge on any atom is 0.294 e. The summed E-state index contributed by atoms with van der Waals surface area (Å²) in [6.45, 7) is 4.64. The molecule has 0 saturated heterocycles. The molecule has 0 radical (unpaired) electrons. The lowest BCUT2D eigenvalue weighted by Crippen LogP contribution is -2.36. The van der Waals surface area contributed by atoms with Gasteiger partial charge in [0.15, 0.2) is 0 Å². The highest BCUT2D eigenvalue weighted by molar-refractivity contribution is 4.67. The lowest BCUT2D eigenvalue weighted by molar-refractivity contribution is -0.799. The third kappa shape index (κ3) is 4.43. The summed E-state index contributed by atoms with van der Waals surface area (Å²) in [6.07, 6.45) is -1.93. The zero-order valence-electron chi connectivity index (χ0n) is 8.08. The van der Waals surface area contributed by atoms with Crippen LogP contribution in [0.15, 0.2) is 0 Å². The predicted molar refractivity (Wildman–Crippen MR) is 44.2 cm³/mol. The van der Waals surface area contributed by atoms with Crippen LogP contribution in [0.2, 0.25) is 0 Å². The summed E-state index contributed by atoms with van der Waals surface area (Å²) in [6, 6.07) is 0. The average Bonchev–Trinajstić information content (AvgIpc) is 1.97. The first kappa shape index (κ1) is 12.4. The molecule has 2 unspecified atom stereocenters. The van der Waals surface area contributed by atoms with E-state index in [2.05, 4.69) is 9.68 Å². The van der Waals surface area contributed by atoms with E-state index >= 15 is 0 Å². The maximum atomic E-state index is 10.1. The predicted octanol–water partition coefficient (Wildman–Crippen LogP) is 0.816. The van der Waals surface area contributed by atoms with E-state index in [9.17, 15) is 20.2 Å². The van der Waals surface area contributed by atoms with Crippen LogP contribution in [0.1, 0.15) is 20.8 Å². The molecule has 8 heteroatoms. The lowest BCUT2D eigenvalue weighted by atomic mass is 10.0. The standard InChI is InChI=1S/C6H12N2O6/c1-4(2)6(14-8(11)12)5(3)13-7(9)10/h4-6H,1-3H3. The van der Waals surface area contributed by atoms with Gasteiger partial charge in [0.05, 0.1) is 0 Å². The fourth-order valence-corrected chi connectivity index (χ4v) is 1.04. The minimum absolute atomic E-state index is 0.254. The quantitative estimate of drug-likeness (QED) is 0.472. The van der Waals surface area contributed by atoms with E-state index in [4.69, 9.17) is 0 Å². The Morgan fingerprint density at radius 2 is 1.43 bits per heavy atom. The Balaban J connectivity index is 4.32. The van der Waals surface area contributed by atoms with Gasteiger partial charge in [-0.15, -0.1) is 20.2 Å². The highest BCUT2D eigenvalue weighted by Gasteiger charge is 2.27. The summed E-state index contributed by atoms with van der Waals surface area (Å²) in [5.74, 6) is -0.254. The number of hydrogen-bond donors (Lipinski definition) is 0. The van der Waals surface area contributed by atoms with Crippen molar-refractivity contribution >= 4 is 0 Å². The molecule has 0 rings (SSSR count). The molecule has 0 amide bonds. The van der Waals surface area contributed by atoms with Gasteiger partial charge in [0.1, 0.15) is 12.2 Å². The SMILES string of the molecule is CC(C)C(O[N+](=O)[O-])C(C)O[N+](=O)[O-]. The van der Waals surface area contributed by atoms with E-state index in [1.165, 1.54) is 6.92 Å². The molecule has 0 aromatic carbocycles. The first-order valence-corrected chi connectivity index (χ1v) is 3.97. The molecular weight excluding hydrogens is 196 g/mol. The largest absolute Gasteiger partial charge is 0.309 e. The van der Waals surface area contributed by atoms with Gasteiger partial charge >= 0.3 is 0 Å². The van der Waals surface area contributed by atoms with Gasteiger partial charge in [0, 0.05) is 0 Å². The van der Waals surface area contributed by atoms with E-state index in [1.807, 2.05) is 0 Å². The number of rotatable bonds is 6. The van der Waals surface area contributed by atoms with Crippen LogP contribution in [0.25, 0.3) is 0 Å². The second-order valence-corrected chi connectivity index (χ2v) is 3.07. The second-order valence-electron chi connectivity index (χ2n) is 3.07. The van der Waals surface area contributed by atoms with Gasteiger partial charge in [-0.2, -0.15) is 0 Å². The highest BCUT2D eigenvalue weighted by atomic mass is 17.0. The van der Waals surface area contributed by atoms with Crippen LogP contribution in [0.3, 0.4) is 0 Å². The van der Waals surface area contributed by atoms with Crippen molar-refractivity contribution < 1.29 is 19.8 Å². The van der Waals surface area contributed by atoms with Gasteiger partial charge in [0.25, 0.3) is 10.2 Å². The smallest absolute Gasteiger partial charge is 0.294 e. The molecule has 0 saturated carbocycles. The van der Waals surface area contributed by atoms with Crippen LogP contribution in [0.4, 0.5) is 0 Å². The highest BCUT2D eigenvalue weighted by Crippen LogP contribution is 2.13. The summed E-state index contributed by atoms with van der Waals surface area (Å²) in [5.41, 5.74) is 0. The third-order valence-electron chi connectivity index (χ3n) is 1.58. The molecule has 0 aromatic heterocycles. The molecule has 82 valence electrons. The van der Waals surface area contributed by atoms with Crippen molar-refractivity contribution in [2.24, 2.45) is 5.92 Å². The fourth-order valence-electron chi connectivity index (χ4n) is 1.04. The van der Waals surface area contributed by atoms with E-state index in [-0.39, 0.29) is 5.92 Å². The molecule has 0 aliphatic carbocycles. The fraction of sp³-hybridized carbons (Fsp3) is 1.00. The van der Waals surface area contributed by atoms with Crippen LogP contribution < -0.4 is 0 Å². The van der Waals surface area contributed by atoms with Crippen molar-refractivity contribution in [2.75, 3.05) is 0 Å². The van der Waals surface area contributed by atoms with Gasteiger partial charge in [0.2, 0.25) is 0 Å². The van der Waals surface area contributed by atoms with Crippen molar-refractivity contribution in [1.82, 2.24) is 0 Å². The van der Waals surface area contributed by atoms with Crippen LogP contribution in [-0.4, -0.2) is 22.4 Å². The van der Waals surface area contributed by atoms with Crippen molar-refractivity contribution in [3.63, 3.8) is 0 Å². The number of nitrogens with zero attached hydrogens (tertiary/aromatic N) is 2. The molecule has 0 aliphatic heterocycles. The minimum atomic E-state index is -0.997. The summed E-state index contributed by atoms with van der Waals surface area (Å²) < 4.78 is 0. The zero-order chi connectivity index (χ0) is 11.3. The first-order chi connectivity index (χ1) is 6.34. The van der Waals surface area contributed by atoms with Gasteiger partial charge in [-0.25, -0.2) is 0 Å². The monoisotopic (exact) mass is 208 g/mol. The number of hydrogen-bond acceptors (Lipinski definition) is 6. The zero-order valence-corrected chi connectivity index (χ0v) is 8.08. The van der Waals surface area contributed by atoms with Crippen LogP contribution in [-0.2, 0) is 9.68 Å². The molecule has 0 spiro atoms. The minimum Gasteiger partial charge on any atom is -0.309 e. The van der Waals surface area contributed by atoms with Gasteiger partial charge < -0.3 is 9.68 Å². The summed E-state index contributed by atoms with van der Waals surface area (Å²) in [7, 11) is 0. The van der Waals surface area contributed by atoms with Crippen molar-refractivity contribution in [3.8, 4) is 0 Å². The Hall–Kier alpha value is -1.60. The molecule has 0 bridgehead atoms. The third-order valence-corrected chi connectivity index (χ3v) is 1.58. The van der Waals surface area contributed by atoms with E-state index in [1.54, 1.807) is 13.8 Å². The molecule has 14 heavy (non-hydrogen) atoms. The molecule has 0 fully saturated rings. The Morgan fingerprint density at radius 1 is 1.00 bits per heavy atom. The molecule has 2 atom stereocenters. The Kier molecular flexibility index (Phi) is 4.60. The molecule has 8 nitrogen and oxygen atoms in total. The second kappa shape index (κ2) is 5.20. The Morgan fingerprint density at radius 3 is 1.71 bits per heavy atom. The Bertz CT molecular complexity index is 218. The van der Waals surface area contributed by atoms with Crippen molar-refractivity contribution in [3.05, 3.63) is 20.2 Å². The van der Waals surface area contributed by atoms with E-state index in [0.717, 1.165) is 0 Å². The lowest BCUT2D eigenvalue weighted by Gasteiger charge is -2.23. The summed E-state index contributed by atoms with van der Waals surface area (Å²) in [4.78, 5) is 28.5. The Labute approximate surface area is 80.0 Å².